The summed E-state index contributed by atoms with van der Waals surface area (Å²) in [7, 11) is 1.77. The average molecular weight is 269 g/mol. The minimum absolute atomic E-state index is 0.0377. The molecule has 0 fully saturated rings. The van der Waals surface area contributed by atoms with Crippen molar-refractivity contribution in [2.45, 2.75) is 38.8 Å². The number of carbonyl (C=O) groups is 1. The Morgan fingerprint density at radius 3 is 2.61 bits per heavy atom. The highest BCUT2D eigenvalue weighted by molar-refractivity contribution is 6.31. The van der Waals surface area contributed by atoms with E-state index in [0.717, 1.165) is 12.0 Å². The molecule has 1 amide bonds. The van der Waals surface area contributed by atoms with Gasteiger partial charge in [0, 0.05) is 12.1 Å². The van der Waals surface area contributed by atoms with Crippen molar-refractivity contribution >= 4 is 17.5 Å². The van der Waals surface area contributed by atoms with Crippen LogP contribution in [-0.2, 0) is 4.79 Å². The highest BCUT2D eigenvalue weighted by Gasteiger charge is 2.23. The van der Waals surface area contributed by atoms with E-state index in [9.17, 15) is 4.79 Å². The summed E-state index contributed by atoms with van der Waals surface area (Å²) in [5.74, 6) is -0.0377. The van der Waals surface area contributed by atoms with E-state index in [-0.39, 0.29) is 11.9 Å². The van der Waals surface area contributed by atoms with Crippen LogP contribution in [0.2, 0.25) is 5.02 Å². The molecule has 0 saturated heterocycles. The van der Waals surface area contributed by atoms with Crippen LogP contribution >= 0.6 is 11.6 Å². The monoisotopic (exact) mass is 268 g/mol. The molecule has 0 radical (unpaired) electrons. The molecule has 0 spiro atoms. The molecule has 2 N–H and O–H groups in total. The fourth-order valence-corrected chi connectivity index (χ4v) is 2.20. The van der Waals surface area contributed by atoms with Crippen molar-refractivity contribution in [1.82, 2.24) is 4.90 Å². The Labute approximate surface area is 114 Å². The van der Waals surface area contributed by atoms with Gasteiger partial charge in [0.2, 0.25) is 5.91 Å². The molecule has 0 aromatic heterocycles. The van der Waals surface area contributed by atoms with Gasteiger partial charge in [-0.2, -0.15) is 0 Å². The first-order valence-corrected chi connectivity index (χ1v) is 6.63. The zero-order valence-corrected chi connectivity index (χ0v) is 11.9. The van der Waals surface area contributed by atoms with E-state index in [2.05, 4.69) is 0 Å². The minimum atomic E-state index is -0.426. The van der Waals surface area contributed by atoms with Gasteiger partial charge in [0.25, 0.3) is 0 Å². The van der Waals surface area contributed by atoms with Crippen LogP contribution in [0.25, 0.3) is 0 Å². The fraction of sp³-hybridized carbons (Fsp3) is 0.500. The highest BCUT2D eigenvalue weighted by atomic mass is 35.5. The van der Waals surface area contributed by atoms with E-state index in [1.807, 2.05) is 38.1 Å². The predicted molar refractivity (Wildman–Crippen MR) is 75.5 cm³/mol. The number of likely N-dealkylation sites (N-methyl/N-ethyl adjacent to an activating group) is 1. The number of carbonyl (C=O) groups excluding carboxylic acids is 1. The second-order valence-electron chi connectivity index (χ2n) is 4.54. The molecule has 1 unspecified atom stereocenters. The van der Waals surface area contributed by atoms with E-state index in [0.29, 0.717) is 11.4 Å². The van der Waals surface area contributed by atoms with E-state index < -0.39 is 6.04 Å². The van der Waals surface area contributed by atoms with Crippen molar-refractivity contribution in [2.75, 3.05) is 7.05 Å². The summed E-state index contributed by atoms with van der Waals surface area (Å²) in [4.78, 5) is 13.8. The van der Waals surface area contributed by atoms with Crippen LogP contribution in [-0.4, -0.2) is 23.9 Å². The molecule has 0 aliphatic rings. The Hall–Kier alpha value is -1.06. The third-order valence-corrected chi connectivity index (χ3v) is 3.54. The summed E-state index contributed by atoms with van der Waals surface area (Å²) in [6.45, 7) is 3.97. The topological polar surface area (TPSA) is 46.3 Å². The molecule has 0 aliphatic carbocycles. The molecule has 1 aromatic rings. The Kier molecular flexibility index (Phi) is 5.63. The van der Waals surface area contributed by atoms with Crippen molar-refractivity contribution in [2.24, 2.45) is 5.73 Å². The largest absolute Gasteiger partial charge is 0.338 e. The highest BCUT2D eigenvalue weighted by Crippen LogP contribution is 2.26. The Bertz CT molecular complexity index is 409. The molecular formula is C14H21ClN2O. The van der Waals surface area contributed by atoms with E-state index in [4.69, 9.17) is 17.3 Å². The lowest BCUT2D eigenvalue weighted by Gasteiger charge is -2.28. The molecular weight excluding hydrogens is 248 g/mol. The fourth-order valence-electron chi connectivity index (χ4n) is 1.91. The maximum atomic E-state index is 12.1. The second-order valence-corrected chi connectivity index (χ2v) is 4.95. The maximum absolute atomic E-state index is 12.1. The van der Waals surface area contributed by atoms with Crippen molar-refractivity contribution < 1.29 is 4.79 Å². The van der Waals surface area contributed by atoms with Gasteiger partial charge in [-0.3, -0.25) is 4.79 Å². The first-order chi connectivity index (χ1) is 8.49. The van der Waals surface area contributed by atoms with Crippen LogP contribution in [0, 0.1) is 0 Å². The van der Waals surface area contributed by atoms with Crippen molar-refractivity contribution in [1.29, 1.82) is 0 Å². The SMILES string of the molecule is CCC[C@@H](N)C(=O)N(C)C(C)c1ccccc1Cl. The third kappa shape index (κ3) is 3.47. The summed E-state index contributed by atoms with van der Waals surface area (Å²) in [5.41, 5.74) is 6.80. The lowest BCUT2D eigenvalue weighted by atomic mass is 10.1. The summed E-state index contributed by atoms with van der Waals surface area (Å²) in [5, 5.41) is 0.675. The van der Waals surface area contributed by atoms with Gasteiger partial charge in [-0.1, -0.05) is 43.1 Å². The average Bonchev–Trinajstić information content (AvgIpc) is 2.37. The van der Waals surface area contributed by atoms with Crippen LogP contribution in [0.5, 0.6) is 0 Å². The first kappa shape index (κ1) is 15.0. The molecule has 2 atom stereocenters. The summed E-state index contributed by atoms with van der Waals surface area (Å²) >= 11 is 6.14. The Morgan fingerprint density at radius 1 is 1.44 bits per heavy atom. The van der Waals surface area contributed by atoms with Crippen molar-refractivity contribution in [3.8, 4) is 0 Å². The van der Waals surface area contributed by atoms with Crippen LogP contribution in [0.1, 0.15) is 38.3 Å². The van der Waals surface area contributed by atoms with Crippen LogP contribution in [0.3, 0.4) is 0 Å². The first-order valence-electron chi connectivity index (χ1n) is 6.25. The molecule has 18 heavy (non-hydrogen) atoms. The molecule has 0 saturated carbocycles. The Balaban J connectivity index is 2.81. The van der Waals surface area contributed by atoms with Gasteiger partial charge in [0.05, 0.1) is 12.1 Å². The van der Waals surface area contributed by atoms with E-state index in [1.54, 1.807) is 11.9 Å². The second kappa shape index (κ2) is 6.76. The molecule has 0 bridgehead atoms. The molecule has 1 aromatic carbocycles. The zero-order valence-electron chi connectivity index (χ0n) is 11.2. The number of halogens is 1. The van der Waals surface area contributed by atoms with Crippen molar-refractivity contribution in [3.63, 3.8) is 0 Å². The lowest BCUT2D eigenvalue weighted by molar-refractivity contribution is -0.133. The zero-order chi connectivity index (χ0) is 13.7. The smallest absolute Gasteiger partial charge is 0.239 e. The van der Waals surface area contributed by atoms with Crippen LogP contribution in [0.4, 0.5) is 0 Å². The van der Waals surface area contributed by atoms with Crippen LogP contribution < -0.4 is 5.73 Å². The van der Waals surface area contributed by atoms with Crippen LogP contribution in [0.15, 0.2) is 24.3 Å². The van der Waals surface area contributed by atoms with Crippen molar-refractivity contribution in [3.05, 3.63) is 34.9 Å². The normalized spacial score (nSPS) is 14.1. The van der Waals surface area contributed by atoms with Gasteiger partial charge in [-0.25, -0.2) is 0 Å². The number of benzene rings is 1. The Morgan fingerprint density at radius 2 is 2.06 bits per heavy atom. The van der Waals surface area contributed by atoms with Gasteiger partial charge >= 0.3 is 0 Å². The third-order valence-electron chi connectivity index (χ3n) is 3.20. The standard InChI is InChI=1S/C14H21ClN2O/c1-4-7-13(16)14(18)17(3)10(2)11-8-5-6-9-12(11)15/h5-6,8-10,13H,4,7,16H2,1-3H3/t10?,13-/m1/s1. The summed E-state index contributed by atoms with van der Waals surface area (Å²) in [6, 6.07) is 7.06. The quantitative estimate of drug-likeness (QED) is 0.892. The molecule has 4 heteroatoms. The van der Waals surface area contributed by atoms with Gasteiger partial charge in [-0.05, 0) is 25.0 Å². The number of nitrogens with two attached hydrogens (primary N) is 1. The maximum Gasteiger partial charge on any atom is 0.239 e. The summed E-state index contributed by atoms with van der Waals surface area (Å²) < 4.78 is 0. The minimum Gasteiger partial charge on any atom is -0.338 e. The number of hydrogen-bond donors (Lipinski definition) is 1. The number of rotatable bonds is 5. The lowest BCUT2D eigenvalue weighted by Crippen LogP contribution is -2.42. The van der Waals surface area contributed by atoms with Gasteiger partial charge < -0.3 is 10.6 Å². The van der Waals surface area contributed by atoms with Gasteiger partial charge in [0.1, 0.15) is 0 Å². The van der Waals surface area contributed by atoms with E-state index >= 15 is 0 Å². The molecule has 3 nitrogen and oxygen atoms in total. The molecule has 1 rings (SSSR count). The van der Waals surface area contributed by atoms with Gasteiger partial charge in [-0.15, -0.1) is 0 Å². The predicted octanol–water partition coefficient (Wildman–Crippen LogP) is 2.99. The molecule has 100 valence electrons. The van der Waals surface area contributed by atoms with E-state index in [1.165, 1.54) is 0 Å². The van der Waals surface area contributed by atoms with Gasteiger partial charge in [0.15, 0.2) is 0 Å². The molecule has 0 aliphatic heterocycles. The number of amides is 1. The molecule has 0 heterocycles. The number of nitrogens with zero attached hydrogens (tertiary/aromatic N) is 1. The summed E-state index contributed by atoms with van der Waals surface area (Å²) in [6.07, 6.45) is 1.61. The number of hydrogen-bond acceptors (Lipinski definition) is 2.